The number of hydrogen-bond acceptors (Lipinski definition) is 3. The molecule has 0 radical (unpaired) electrons. The maximum atomic E-state index is 13.1. The lowest BCUT2D eigenvalue weighted by Crippen LogP contribution is -2.46. The highest BCUT2D eigenvalue weighted by molar-refractivity contribution is 6.07. The Balaban J connectivity index is 1.56. The van der Waals surface area contributed by atoms with Gasteiger partial charge in [0.1, 0.15) is 0 Å². The van der Waals surface area contributed by atoms with Crippen LogP contribution in [0, 0.1) is 11.3 Å². The molecule has 1 heterocycles. The summed E-state index contributed by atoms with van der Waals surface area (Å²) in [5.41, 5.74) is 0.779. The average molecular weight is 396 g/mol. The second-order valence-corrected chi connectivity index (χ2v) is 9.21. The van der Waals surface area contributed by atoms with Gasteiger partial charge < -0.3 is 15.1 Å². The van der Waals surface area contributed by atoms with Gasteiger partial charge in [0, 0.05) is 37.7 Å². The minimum atomic E-state index is -0.0123. The molecule has 1 saturated heterocycles. The van der Waals surface area contributed by atoms with Crippen molar-refractivity contribution in [2.75, 3.05) is 40.3 Å². The molecule has 0 unspecified atom stereocenters. The van der Waals surface area contributed by atoms with Crippen molar-refractivity contribution in [2.45, 2.75) is 26.7 Å². The third-order valence-corrected chi connectivity index (χ3v) is 5.66. The van der Waals surface area contributed by atoms with Gasteiger partial charge in [0.2, 0.25) is 5.91 Å². The molecule has 29 heavy (non-hydrogen) atoms. The largest absolute Gasteiger partial charge is 0.355 e. The Morgan fingerprint density at radius 3 is 2.41 bits per heavy atom. The number of rotatable bonds is 6. The number of nitrogens with one attached hydrogen (secondary N) is 1. The molecule has 1 aliphatic rings. The molecule has 0 saturated carbocycles. The van der Waals surface area contributed by atoms with E-state index in [1.54, 1.807) is 0 Å². The van der Waals surface area contributed by atoms with Gasteiger partial charge in [-0.1, -0.05) is 50.2 Å². The fourth-order valence-corrected chi connectivity index (χ4v) is 4.31. The van der Waals surface area contributed by atoms with E-state index >= 15 is 0 Å². The number of piperidine rings is 1. The summed E-state index contributed by atoms with van der Waals surface area (Å²) in [6, 6.07) is 13.8. The number of likely N-dealkylation sites (tertiary alicyclic amines) is 1. The van der Waals surface area contributed by atoms with Crippen molar-refractivity contribution in [2.24, 2.45) is 11.3 Å². The third kappa shape index (κ3) is 5.36. The first kappa shape index (κ1) is 21.3. The lowest BCUT2D eigenvalue weighted by atomic mass is 9.91. The van der Waals surface area contributed by atoms with E-state index in [-0.39, 0.29) is 23.1 Å². The van der Waals surface area contributed by atoms with Crippen LogP contribution in [0.5, 0.6) is 0 Å². The monoisotopic (exact) mass is 395 g/mol. The highest BCUT2D eigenvalue weighted by atomic mass is 16.2. The Morgan fingerprint density at radius 1 is 1.07 bits per heavy atom. The number of carbonyl (C=O) groups excluding carboxylic acids is 2. The zero-order valence-corrected chi connectivity index (χ0v) is 18.1. The van der Waals surface area contributed by atoms with Gasteiger partial charge in [-0.25, -0.2) is 0 Å². The van der Waals surface area contributed by atoms with Crippen LogP contribution in [0.2, 0.25) is 0 Å². The molecule has 2 aromatic carbocycles. The van der Waals surface area contributed by atoms with Gasteiger partial charge in [-0.3, -0.25) is 9.59 Å². The summed E-state index contributed by atoms with van der Waals surface area (Å²) in [5.74, 6) is 0.170. The molecule has 0 bridgehead atoms. The molecule has 1 N–H and O–H groups in total. The van der Waals surface area contributed by atoms with Gasteiger partial charge in [0.25, 0.3) is 5.91 Å². The quantitative estimate of drug-likeness (QED) is 0.816. The zero-order valence-electron chi connectivity index (χ0n) is 18.1. The second-order valence-electron chi connectivity index (χ2n) is 9.21. The minimum absolute atomic E-state index is 0.0123. The highest BCUT2D eigenvalue weighted by Gasteiger charge is 2.29. The molecule has 156 valence electrons. The van der Waals surface area contributed by atoms with Crippen molar-refractivity contribution >= 4 is 22.6 Å². The smallest absolute Gasteiger partial charge is 0.254 e. The molecule has 0 spiro atoms. The number of fused-ring (bicyclic) bond motifs is 1. The van der Waals surface area contributed by atoms with E-state index in [0.717, 1.165) is 35.7 Å². The molecule has 3 rings (SSSR count). The molecular formula is C24H33N3O2. The minimum Gasteiger partial charge on any atom is -0.355 e. The van der Waals surface area contributed by atoms with E-state index in [9.17, 15) is 9.59 Å². The van der Waals surface area contributed by atoms with E-state index in [0.29, 0.717) is 19.6 Å². The number of amides is 2. The fourth-order valence-electron chi connectivity index (χ4n) is 4.31. The van der Waals surface area contributed by atoms with E-state index < -0.39 is 0 Å². The molecule has 2 aromatic rings. The van der Waals surface area contributed by atoms with Crippen molar-refractivity contribution in [1.82, 2.24) is 15.1 Å². The Hall–Kier alpha value is -2.40. The molecule has 1 aliphatic heterocycles. The predicted molar refractivity (Wildman–Crippen MR) is 118 cm³/mol. The van der Waals surface area contributed by atoms with Crippen LogP contribution in [0.1, 0.15) is 37.0 Å². The van der Waals surface area contributed by atoms with Crippen LogP contribution >= 0.6 is 0 Å². The van der Waals surface area contributed by atoms with E-state index in [1.807, 2.05) is 61.5 Å². The number of nitrogens with zero attached hydrogens (tertiary/aromatic N) is 2. The summed E-state index contributed by atoms with van der Waals surface area (Å²) >= 11 is 0. The molecule has 0 atom stereocenters. The van der Waals surface area contributed by atoms with Crippen LogP contribution in [0.3, 0.4) is 0 Å². The lowest BCUT2D eigenvalue weighted by Gasteiger charge is -2.33. The molecule has 5 nitrogen and oxygen atoms in total. The second kappa shape index (κ2) is 8.95. The maximum Gasteiger partial charge on any atom is 0.254 e. The van der Waals surface area contributed by atoms with Crippen molar-refractivity contribution in [3.05, 3.63) is 48.0 Å². The van der Waals surface area contributed by atoms with E-state index in [4.69, 9.17) is 0 Å². The topological polar surface area (TPSA) is 52.7 Å². The van der Waals surface area contributed by atoms with Crippen LogP contribution in [0.15, 0.2) is 42.5 Å². The van der Waals surface area contributed by atoms with E-state index in [2.05, 4.69) is 24.1 Å². The lowest BCUT2D eigenvalue weighted by molar-refractivity contribution is -0.126. The Morgan fingerprint density at radius 2 is 1.72 bits per heavy atom. The third-order valence-electron chi connectivity index (χ3n) is 5.66. The first-order chi connectivity index (χ1) is 13.8. The van der Waals surface area contributed by atoms with Gasteiger partial charge in [0.15, 0.2) is 0 Å². The highest BCUT2D eigenvalue weighted by Crippen LogP contribution is 2.24. The Kier molecular flexibility index (Phi) is 6.58. The van der Waals surface area contributed by atoms with Gasteiger partial charge in [0.05, 0.1) is 0 Å². The van der Waals surface area contributed by atoms with Crippen LogP contribution < -0.4 is 5.32 Å². The molecular weight excluding hydrogens is 362 g/mol. The summed E-state index contributed by atoms with van der Waals surface area (Å²) in [6.45, 7) is 7.17. The molecule has 0 aliphatic carbocycles. The SMILES string of the molecule is CN(C)CC(C)(C)CNC(=O)C1CCN(C(=O)c2cccc3ccccc23)CC1. The van der Waals surface area contributed by atoms with Crippen LogP contribution in [0.4, 0.5) is 0 Å². The molecule has 2 amide bonds. The van der Waals surface area contributed by atoms with Crippen molar-refractivity contribution in [3.8, 4) is 0 Å². The van der Waals surface area contributed by atoms with Crippen LogP contribution in [-0.4, -0.2) is 61.9 Å². The number of benzene rings is 2. The summed E-state index contributed by atoms with van der Waals surface area (Å²) in [6.07, 6.45) is 1.44. The molecule has 1 fully saturated rings. The normalized spacial score (nSPS) is 15.7. The summed E-state index contributed by atoms with van der Waals surface area (Å²) in [4.78, 5) is 29.7. The first-order valence-corrected chi connectivity index (χ1v) is 10.5. The Labute approximate surface area is 174 Å². The average Bonchev–Trinajstić information content (AvgIpc) is 2.70. The summed E-state index contributed by atoms with van der Waals surface area (Å²) in [5, 5.41) is 5.19. The number of carbonyl (C=O) groups is 2. The van der Waals surface area contributed by atoms with Crippen molar-refractivity contribution < 1.29 is 9.59 Å². The van der Waals surface area contributed by atoms with Crippen LogP contribution in [0.25, 0.3) is 10.8 Å². The summed E-state index contributed by atoms with van der Waals surface area (Å²) in [7, 11) is 4.10. The van der Waals surface area contributed by atoms with E-state index in [1.165, 1.54) is 0 Å². The van der Waals surface area contributed by atoms with Gasteiger partial charge in [-0.05, 0) is 49.2 Å². The standard InChI is InChI=1S/C24H33N3O2/c1-24(2,17-26(3)4)16-25-22(28)19-12-14-27(15-13-19)23(29)21-11-7-9-18-8-5-6-10-20(18)21/h5-11,19H,12-17H2,1-4H3,(H,25,28). The Bertz CT molecular complexity index is 862. The molecule has 0 aromatic heterocycles. The predicted octanol–water partition coefficient (Wildman–Crippen LogP) is 3.40. The van der Waals surface area contributed by atoms with Crippen molar-refractivity contribution in [3.63, 3.8) is 0 Å². The van der Waals surface area contributed by atoms with Crippen molar-refractivity contribution in [1.29, 1.82) is 0 Å². The zero-order chi connectivity index (χ0) is 21.0. The van der Waals surface area contributed by atoms with Gasteiger partial charge in [-0.2, -0.15) is 0 Å². The molecule has 5 heteroatoms. The van der Waals surface area contributed by atoms with Gasteiger partial charge >= 0.3 is 0 Å². The maximum absolute atomic E-state index is 13.1. The summed E-state index contributed by atoms with van der Waals surface area (Å²) < 4.78 is 0. The fraction of sp³-hybridized carbons (Fsp3) is 0.500. The van der Waals surface area contributed by atoms with Crippen LogP contribution in [-0.2, 0) is 4.79 Å². The van der Waals surface area contributed by atoms with Gasteiger partial charge in [-0.15, -0.1) is 0 Å². The number of hydrogen-bond donors (Lipinski definition) is 1. The first-order valence-electron chi connectivity index (χ1n) is 10.5.